The molecule has 0 amide bonds. The number of carbonyl (C=O) groups is 1. The summed E-state index contributed by atoms with van der Waals surface area (Å²) < 4.78 is 25.7. The monoisotopic (exact) mass is 491 g/mol. The Hall–Kier alpha value is -1.33. The van der Waals surface area contributed by atoms with E-state index in [0.29, 0.717) is 24.5 Å². The second kappa shape index (κ2) is 8.57. The van der Waals surface area contributed by atoms with Crippen molar-refractivity contribution in [2.75, 3.05) is 25.6 Å². The van der Waals surface area contributed by atoms with Crippen LogP contribution >= 0.6 is 30.3 Å². The van der Waals surface area contributed by atoms with E-state index < -0.39 is 12.1 Å². The number of hydrogen-bond acceptors (Lipinski definition) is 6. The highest BCUT2D eigenvalue weighted by atomic mass is 127. The van der Waals surface area contributed by atoms with Gasteiger partial charge in [-0.2, -0.15) is 0 Å². The maximum Gasteiger partial charge on any atom is 0.355 e. The van der Waals surface area contributed by atoms with Gasteiger partial charge in [0, 0.05) is 54.9 Å². The van der Waals surface area contributed by atoms with Crippen LogP contribution in [0.5, 0.6) is 0 Å². The number of methoxy groups -OCH3 is 1. The number of anilines is 1. The van der Waals surface area contributed by atoms with E-state index in [9.17, 15) is 9.18 Å². The van der Waals surface area contributed by atoms with Gasteiger partial charge in [-0.25, -0.2) is 14.2 Å². The molecule has 1 saturated heterocycles. The number of rotatable bonds is 5. The van der Waals surface area contributed by atoms with Gasteiger partial charge in [0.1, 0.15) is 17.7 Å². The molecule has 0 radical (unpaired) electrons. The Bertz CT molecular complexity index is 802. The lowest BCUT2D eigenvalue weighted by Crippen LogP contribution is -2.39. The van der Waals surface area contributed by atoms with Crippen molar-refractivity contribution in [3.63, 3.8) is 0 Å². The Balaban J connectivity index is 1.90. The normalized spacial score (nSPS) is 20.0. The molecule has 0 aromatic carbocycles. The van der Waals surface area contributed by atoms with Gasteiger partial charge in [0.05, 0.1) is 19.8 Å². The summed E-state index contributed by atoms with van der Waals surface area (Å²) in [7, 11) is 2.74. The van der Waals surface area contributed by atoms with Crippen molar-refractivity contribution < 1.29 is 18.7 Å². The molecule has 3 heterocycles. The van der Waals surface area contributed by atoms with Crippen molar-refractivity contribution in [3.05, 3.63) is 35.8 Å². The number of nitrogens with one attached hydrogen (secondary N) is 1. The van der Waals surface area contributed by atoms with Gasteiger partial charge in [0.25, 0.3) is 0 Å². The van der Waals surface area contributed by atoms with Gasteiger partial charge in [0.15, 0.2) is 0 Å². The summed E-state index contributed by atoms with van der Waals surface area (Å²) in [6.45, 7) is 2.59. The van der Waals surface area contributed by atoms with E-state index in [0.717, 1.165) is 16.7 Å². The molecule has 26 heavy (non-hydrogen) atoms. The standard InChI is InChI=1S/C17H19FIN3O3S/c1-10-7-20-16(21-14-3-4-25-9-13(14)18)6-12(10)11-5-15(17(23)24-2)22(8-11)26-19/h5-8,13-14H,3-4,9H2,1-2H3,(H,20,21). The fourth-order valence-corrected chi connectivity index (χ4v) is 4.20. The van der Waals surface area contributed by atoms with Crippen molar-refractivity contribution in [1.29, 1.82) is 0 Å². The predicted molar refractivity (Wildman–Crippen MR) is 108 cm³/mol. The molecule has 1 fully saturated rings. The molecule has 3 rings (SSSR count). The van der Waals surface area contributed by atoms with Gasteiger partial charge in [-0.1, -0.05) is 0 Å². The number of carbonyl (C=O) groups excluding carboxylic acids is 1. The maximum absolute atomic E-state index is 14.0. The molecular weight excluding hydrogens is 472 g/mol. The molecule has 2 atom stereocenters. The minimum absolute atomic E-state index is 0.106. The van der Waals surface area contributed by atoms with E-state index in [4.69, 9.17) is 9.47 Å². The molecule has 0 bridgehead atoms. The molecule has 2 aromatic heterocycles. The highest BCUT2D eigenvalue weighted by molar-refractivity contribution is 14.2. The second-order valence-electron chi connectivity index (χ2n) is 6.02. The predicted octanol–water partition coefficient (Wildman–Crippen LogP) is 4.03. The number of pyridine rings is 1. The first-order valence-corrected chi connectivity index (χ1v) is 11.4. The molecule has 2 unspecified atom stereocenters. The summed E-state index contributed by atoms with van der Waals surface area (Å²) >= 11 is 2.11. The molecular formula is C17H19FIN3O3S. The number of alkyl halides is 1. The summed E-state index contributed by atoms with van der Waals surface area (Å²) in [5, 5.41) is 3.17. The van der Waals surface area contributed by atoms with Crippen molar-refractivity contribution >= 4 is 42.1 Å². The molecule has 1 aliphatic rings. The van der Waals surface area contributed by atoms with Crippen LogP contribution in [-0.2, 0) is 9.47 Å². The van der Waals surface area contributed by atoms with Gasteiger partial charge in [-0.05, 0) is 36.6 Å². The van der Waals surface area contributed by atoms with Crippen LogP contribution in [0.3, 0.4) is 0 Å². The molecule has 1 aliphatic heterocycles. The third-order valence-electron chi connectivity index (χ3n) is 4.29. The highest BCUT2D eigenvalue weighted by Crippen LogP contribution is 2.31. The Morgan fingerprint density at radius 3 is 3.04 bits per heavy atom. The fraction of sp³-hybridized carbons (Fsp3) is 0.412. The van der Waals surface area contributed by atoms with Crippen LogP contribution in [0.2, 0.25) is 0 Å². The molecule has 0 saturated carbocycles. The van der Waals surface area contributed by atoms with Gasteiger partial charge >= 0.3 is 5.97 Å². The van der Waals surface area contributed by atoms with Gasteiger partial charge in [-0.15, -0.1) is 0 Å². The van der Waals surface area contributed by atoms with Crippen LogP contribution in [0.25, 0.3) is 11.1 Å². The van der Waals surface area contributed by atoms with Crippen LogP contribution < -0.4 is 5.32 Å². The minimum Gasteiger partial charge on any atom is -0.464 e. The molecule has 1 N–H and O–H groups in total. The lowest BCUT2D eigenvalue weighted by Gasteiger charge is -2.27. The summed E-state index contributed by atoms with van der Waals surface area (Å²) in [6.07, 6.45) is 3.16. The third-order valence-corrected chi connectivity index (χ3v) is 6.01. The number of ether oxygens (including phenoxy) is 2. The Morgan fingerprint density at radius 2 is 2.35 bits per heavy atom. The number of nitrogens with zero attached hydrogens (tertiary/aromatic N) is 2. The van der Waals surface area contributed by atoms with E-state index in [1.807, 2.05) is 19.2 Å². The van der Waals surface area contributed by atoms with Crippen LogP contribution in [0.4, 0.5) is 10.2 Å². The van der Waals surface area contributed by atoms with Crippen molar-refractivity contribution in [2.45, 2.75) is 25.6 Å². The van der Waals surface area contributed by atoms with Crippen LogP contribution in [0.15, 0.2) is 24.5 Å². The topological polar surface area (TPSA) is 65.4 Å². The summed E-state index contributed by atoms with van der Waals surface area (Å²) in [6, 6.07) is 3.36. The van der Waals surface area contributed by atoms with Gasteiger partial charge in [0.2, 0.25) is 0 Å². The summed E-state index contributed by atoms with van der Waals surface area (Å²) in [5.74, 6) is 0.211. The van der Waals surface area contributed by atoms with Gasteiger partial charge in [-0.3, -0.25) is 3.97 Å². The third kappa shape index (κ3) is 4.15. The van der Waals surface area contributed by atoms with Crippen molar-refractivity contribution in [3.8, 4) is 11.1 Å². The van der Waals surface area contributed by atoms with Crippen molar-refractivity contribution in [1.82, 2.24) is 8.96 Å². The largest absolute Gasteiger partial charge is 0.464 e. The number of aryl methyl sites for hydroxylation is 1. The first kappa shape index (κ1) is 19.4. The number of esters is 1. The molecule has 9 heteroatoms. The van der Waals surface area contributed by atoms with E-state index >= 15 is 0 Å². The quantitative estimate of drug-likeness (QED) is 0.504. The van der Waals surface area contributed by atoms with Crippen molar-refractivity contribution in [2.24, 2.45) is 0 Å². The lowest BCUT2D eigenvalue weighted by atomic mass is 10.0. The van der Waals surface area contributed by atoms with E-state index in [1.165, 1.54) is 16.2 Å². The van der Waals surface area contributed by atoms with E-state index in [1.54, 1.807) is 16.2 Å². The summed E-state index contributed by atoms with van der Waals surface area (Å²) in [5.41, 5.74) is 3.23. The Morgan fingerprint density at radius 1 is 1.54 bits per heavy atom. The SMILES string of the molecule is COC(=O)c1cc(-c2cc(NC3CCOCC3F)ncc2C)cn1SI. The summed E-state index contributed by atoms with van der Waals surface area (Å²) in [4.78, 5) is 16.3. The fourth-order valence-electron chi connectivity index (χ4n) is 2.87. The average Bonchev–Trinajstić information content (AvgIpc) is 3.08. The number of hydrogen-bond donors (Lipinski definition) is 1. The Kier molecular flexibility index (Phi) is 6.41. The van der Waals surface area contributed by atoms with Crippen LogP contribution in [0, 0.1) is 6.92 Å². The van der Waals surface area contributed by atoms with Gasteiger partial charge < -0.3 is 14.8 Å². The zero-order valence-electron chi connectivity index (χ0n) is 14.4. The average molecular weight is 491 g/mol. The highest BCUT2D eigenvalue weighted by Gasteiger charge is 2.26. The zero-order valence-corrected chi connectivity index (χ0v) is 17.3. The number of halogens is 2. The number of aromatic nitrogens is 2. The molecule has 140 valence electrons. The molecule has 6 nitrogen and oxygen atoms in total. The second-order valence-corrected chi connectivity index (χ2v) is 7.73. The zero-order chi connectivity index (χ0) is 18.7. The van der Waals surface area contributed by atoms with Crippen LogP contribution in [0.1, 0.15) is 22.5 Å². The van der Waals surface area contributed by atoms with E-state index in [2.05, 4.69) is 31.5 Å². The molecule has 0 aliphatic carbocycles. The lowest BCUT2D eigenvalue weighted by molar-refractivity contribution is 0.0285. The van der Waals surface area contributed by atoms with E-state index in [-0.39, 0.29) is 12.6 Å². The van der Waals surface area contributed by atoms with Crippen LogP contribution in [-0.4, -0.2) is 47.5 Å². The smallest absolute Gasteiger partial charge is 0.355 e. The minimum atomic E-state index is -1.06. The molecule has 0 spiro atoms. The maximum atomic E-state index is 14.0. The Labute approximate surface area is 167 Å². The molecule has 2 aromatic rings. The first-order valence-electron chi connectivity index (χ1n) is 8.08. The first-order chi connectivity index (χ1) is 12.5.